The molecule has 2 rings (SSSR count). The number of hydrogen-bond donors (Lipinski definition) is 1. The van der Waals surface area contributed by atoms with E-state index in [1.807, 2.05) is 0 Å². The lowest BCUT2D eigenvalue weighted by molar-refractivity contribution is -0.0481. The highest BCUT2D eigenvalue weighted by atomic mass is 35.5. The van der Waals surface area contributed by atoms with Gasteiger partial charge in [0.1, 0.15) is 9.84 Å². The second-order valence-electron chi connectivity index (χ2n) is 5.39. The molecule has 1 N–H and O–H groups in total. The fourth-order valence-electron chi connectivity index (χ4n) is 2.38. The van der Waals surface area contributed by atoms with Crippen LogP contribution in [0.1, 0.15) is 17.9 Å². The minimum atomic E-state index is -3.22. The van der Waals surface area contributed by atoms with Crippen molar-refractivity contribution >= 4 is 34.7 Å². The predicted molar refractivity (Wildman–Crippen MR) is 90.1 cm³/mol. The summed E-state index contributed by atoms with van der Waals surface area (Å²) >= 11 is 0. The number of pyridine rings is 1. The summed E-state index contributed by atoms with van der Waals surface area (Å²) < 4.78 is 51.4. The molecule has 1 atom stereocenters. The number of halogens is 4. The normalized spacial score (nSPS) is 20.2. The Morgan fingerprint density at radius 1 is 1.35 bits per heavy atom. The van der Waals surface area contributed by atoms with Crippen LogP contribution in [0.5, 0.6) is 0 Å². The van der Waals surface area contributed by atoms with E-state index in [0.29, 0.717) is 5.56 Å². The van der Waals surface area contributed by atoms with Crippen molar-refractivity contribution in [1.29, 1.82) is 0 Å². The predicted octanol–water partition coefficient (Wildman–Crippen LogP) is 1.45. The van der Waals surface area contributed by atoms with Crippen LogP contribution in [-0.2, 0) is 16.4 Å². The number of piperidine rings is 1. The molecular weight excluding hydrogens is 373 g/mol. The van der Waals surface area contributed by atoms with Gasteiger partial charge in [0.15, 0.2) is 0 Å². The summed E-state index contributed by atoms with van der Waals surface area (Å²) in [4.78, 5) is 11.7. The van der Waals surface area contributed by atoms with E-state index in [-0.39, 0.29) is 56.6 Å². The molecular formula is C13H20Cl2F2N2O3S. The SMILES string of the molecule is CS(=O)(=O)CCn1cc(C2CNCCC2(F)F)ccc1=O.Cl.Cl. The van der Waals surface area contributed by atoms with Crippen LogP contribution in [0, 0.1) is 0 Å². The molecule has 1 unspecified atom stereocenters. The fraction of sp³-hybridized carbons (Fsp3) is 0.615. The Balaban J connectivity index is 0.00000242. The lowest BCUT2D eigenvalue weighted by Crippen LogP contribution is -2.43. The van der Waals surface area contributed by atoms with Gasteiger partial charge in [0.05, 0.1) is 11.7 Å². The van der Waals surface area contributed by atoms with E-state index < -0.39 is 27.2 Å². The van der Waals surface area contributed by atoms with E-state index in [9.17, 15) is 22.0 Å². The van der Waals surface area contributed by atoms with E-state index in [1.54, 1.807) is 0 Å². The molecule has 2 heterocycles. The van der Waals surface area contributed by atoms with Gasteiger partial charge in [-0.15, -0.1) is 24.8 Å². The van der Waals surface area contributed by atoms with Gasteiger partial charge in [0.2, 0.25) is 0 Å². The summed E-state index contributed by atoms with van der Waals surface area (Å²) in [6.45, 7) is 0.367. The number of rotatable bonds is 4. The monoisotopic (exact) mass is 392 g/mol. The molecule has 10 heteroatoms. The van der Waals surface area contributed by atoms with Crippen LogP contribution in [0.25, 0.3) is 0 Å². The van der Waals surface area contributed by atoms with Crippen LogP contribution in [0.2, 0.25) is 0 Å². The van der Waals surface area contributed by atoms with Crippen LogP contribution in [0.4, 0.5) is 8.78 Å². The van der Waals surface area contributed by atoms with Gasteiger partial charge in [0.25, 0.3) is 11.5 Å². The summed E-state index contributed by atoms with van der Waals surface area (Å²) in [6.07, 6.45) is 2.17. The molecule has 0 radical (unpaired) electrons. The molecule has 0 saturated carbocycles. The standard InChI is InChI=1S/C13H18F2N2O3S.2ClH/c1-21(19,20)7-6-17-9-10(2-3-12(17)18)11-8-16-5-4-13(11,14)15;;/h2-3,9,11,16H,4-8H2,1H3;2*1H. The molecule has 1 aliphatic rings. The third kappa shape index (κ3) is 6.02. The Morgan fingerprint density at radius 2 is 2.00 bits per heavy atom. The van der Waals surface area contributed by atoms with Crippen molar-refractivity contribution in [1.82, 2.24) is 9.88 Å². The highest BCUT2D eigenvalue weighted by molar-refractivity contribution is 7.90. The van der Waals surface area contributed by atoms with Gasteiger partial charge in [-0.25, -0.2) is 17.2 Å². The van der Waals surface area contributed by atoms with Crippen molar-refractivity contribution in [2.24, 2.45) is 0 Å². The Bertz CT molecular complexity index is 680. The Labute approximate surface area is 146 Å². The smallest absolute Gasteiger partial charge is 0.257 e. The maximum absolute atomic E-state index is 13.9. The number of hydrogen-bond acceptors (Lipinski definition) is 4. The summed E-state index contributed by atoms with van der Waals surface area (Å²) in [5, 5.41) is 2.92. The molecule has 0 bridgehead atoms. The Hall–Kier alpha value is -0.700. The summed E-state index contributed by atoms with van der Waals surface area (Å²) in [5.74, 6) is -4.03. The summed E-state index contributed by atoms with van der Waals surface area (Å²) in [6, 6.07) is 2.60. The molecule has 1 saturated heterocycles. The topological polar surface area (TPSA) is 68.2 Å². The minimum Gasteiger partial charge on any atom is -0.316 e. The molecule has 1 fully saturated rings. The molecule has 5 nitrogen and oxygen atoms in total. The molecule has 0 spiro atoms. The first-order valence-electron chi connectivity index (χ1n) is 6.66. The van der Waals surface area contributed by atoms with E-state index in [2.05, 4.69) is 5.32 Å². The molecule has 1 aliphatic heterocycles. The van der Waals surface area contributed by atoms with E-state index >= 15 is 0 Å². The number of sulfone groups is 1. The molecule has 134 valence electrons. The number of aryl methyl sites for hydroxylation is 1. The highest BCUT2D eigenvalue weighted by Gasteiger charge is 2.42. The van der Waals surface area contributed by atoms with Crippen molar-refractivity contribution in [3.63, 3.8) is 0 Å². The lowest BCUT2D eigenvalue weighted by atomic mass is 9.89. The van der Waals surface area contributed by atoms with Gasteiger partial charge in [-0.05, 0) is 5.56 Å². The summed E-state index contributed by atoms with van der Waals surface area (Å²) in [5.41, 5.74) is -0.0465. The molecule has 1 aromatic heterocycles. The van der Waals surface area contributed by atoms with Crippen LogP contribution < -0.4 is 10.9 Å². The zero-order valence-corrected chi connectivity index (χ0v) is 14.9. The lowest BCUT2D eigenvalue weighted by Gasteiger charge is -2.32. The average Bonchev–Trinajstić information content (AvgIpc) is 2.37. The zero-order valence-electron chi connectivity index (χ0n) is 12.5. The van der Waals surface area contributed by atoms with Gasteiger partial charge in [0, 0.05) is 44.6 Å². The van der Waals surface area contributed by atoms with Gasteiger partial charge in [-0.1, -0.05) is 6.07 Å². The number of nitrogens with one attached hydrogen (secondary N) is 1. The van der Waals surface area contributed by atoms with Crippen LogP contribution in [0.3, 0.4) is 0 Å². The summed E-state index contributed by atoms with van der Waals surface area (Å²) in [7, 11) is -3.22. The van der Waals surface area contributed by atoms with Crippen molar-refractivity contribution in [3.05, 3.63) is 34.2 Å². The van der Waals surface area contributed by atoms with Crippen LogP contribution in [0.15, 0.2) is 23.1 Å². The maximum Gasteiger partial charge on any atom is 0.257 e. The second kappa shape index (κ2) is 8.41. The molecule has 0 aliphatic carbocycles. The van der Waals surface area contributed by atoms with Crippen molar-refractivity contribution < 1.29 is 17.2 Å². The third-order valence-electron chi connectivity index (χ3n) is 3.61. The third-order valence-corrected chi connectivity index (χ3v) is 4.53. The van der Waals surface area contributed by atoms with E-state index in [1.165, 1.54) is 22.9 Å². The van der Waals surface area contributed by atoms with Crippen molar-refractivity contribution in [3.8, 4) is 0 Å². The largest absolute Gasteiger partial charge is 0.316 e. The van der Waals surface area contributed by atoms with Gasteiger partial charge >= 0.3 is 0 Å². The number of alkyl halides is 2. The molecule has 0 aromatic carbocycles. The second-order valence-corrected chi connectivity index (χ2v) is 7.65. The minimum absolute atomic E-state index is 0. The van der Waals surface area contributed by atoms with Crippen LogP contribution in [-0.4, -0.2) is 44.0 Å². The van der Waals surface area contributed by atoms with Crippen LogP contribution >= 0.6 is 24.8 Å². The van der Waals surface area contributed by atoms with Gasteiger partial charge in [-0.2, -0.15) is 0 Å². The van der Waals surface area contributed by atoms with Crippen molar-refractivity contribution in [2.45, 2.75) is 24.8 Å². The first kappa shape index (κ1) is 22.3. The van der Waals surface area contributed by atoms with E-state index in [4.69, 9.17) is 0 Å². The number of nitrogens with zero attached hydrogens (tertiary/aromatic N) is 1. The Kier molecular flexibility index (Phi) is 8.16. The Morgan fingerprint density at radius 3 is 2.57 bits per heavy atom. The fourth-order valence-corrected chi connectivity index (χ4v) is 2.91. The first-order valence-corrected chi connectivity index (χ1v) is 8.72. The first-order chi connectivity index (χ1) is 9.69. The molecule has 0 amide bonds. The van der Waals surface area contributed by atoms with Gasteiger partial charge < -0.3 is 9.88 Å². The van der Waals surface area contributed by atoms with Crippen molar-refractivity contribution in [2.75, 3.05) is 25.1 Å². The molecule has 1 aromatic rings. The van der Waals surface area contributed by atoms with E-state index in [0.717, 1.165) is 6.26 Å². The maximum atomic E-state index is 13.9. The zero-order chi connectivity index (χ0) is 15.7. The highest BCUT2D eigenvalue weighted by Crippen LogP contribution is 2.37. The average molecular weight is 393 g/mol. The van der Waals surface area contributed by atoms with Gasteiger partial charge in [-0.3, -0.25) is 4.79 Å². The quantitative estimate of drug-likeness (QED) is 0.841. The molecule has 23 heavy (non-hydrogen) atoms. The number of aromatic nitrogens is 1.